The third-order valence-electron chi connectivity index (χ3n) is 3.28. The van der Waals surface area contributed by atoms with Crippen LogP contribution in [0.3, 0.4) is 0 Å². The Balaban J connectivity index is 2.35. The predicted molar refractivity (Wildman–Crippen MR) is 78.6 cm³/mol. The van der Waals surface area contributed by atoms with Gasteiger partial charge < -0.3 is 10.1 Å². The maximum Gasteiger partial charge on any atom is 0.257 e. The zero-order chi connectivity index (χ0) is 14.1. The van der Waals surface area contributed by atoms with E-state index in [-0.39, 0.29) is 12.5 Å². The number of amides is 1. The summed E-state index contributed by atoms with van der Waals surface area (Å²) < 4.78 is 5.45. The van der Waals surface area contributed by atoms with Crippen LogP contribution in [0.1, 0.15) is 51.5 Å². The second-order valence-electron chi connectivity index (χ2n) is 4.87. The summed E-state index contributed by atoms with van der Waals surface area (Å²) in [6.07, 6.45) is 3.22. The van der Waals surface area contributed by atoms with Gasteiger partial charge in [0, 0.05) is 6.54 Å². The van der Waals surface area contributed by atoms with Crippen molar-refractivity contribution in [1.82, 2.24) is 5.32 Å². The van der Waals surface area contributed by atoms with Crippen LogP contribution in [0.25, 0.3) is 0 Å². The van der Waals surface area contributed by atoms with Crippen LogP contribution in [0.5, 0.6) is 5.75 Å². The monoisotopic (exact) mass is 263 g/mol. The maximum absolute atomic E-state index is 11.5. The molecule has 1 aromatic rings. The minimum Gasteiger partial charge on any atom is -0.484 e. The van der Waals surface area contributed by atoms with Gasteiger partial charge in [-0.25, -0.2) is 0 Å². The molecule has 0 aliphatic heterocycles. The van der Waals surface area contributed by atoms with E-state index in [1.165, 1.54) is 5.56 Å². The average molecular weight is 263 g/mol. The zero-order valence-electron chi connectivity index (χ0n) is 12.2. The number of unbranched alkanes of at least 4 members (excludes halogenated alkanes) is 1. The molecule has 1 aromatic carbocycles. The quantitative estimate of drug-likeness (QED) is 0.729. The van der Waals surface area contributed by atoms with Gasteiger partial charge in [-0.05, 0) is 36.5 Å². The molecule has 106 valence electrons. The Morgan fingerprint density at radius 3 is 2.53 bits per heavy atom. The number of carbonyl (C=O) groups is 1. The Bertz CT molecular complexity index is 373. The first-order chi connectivity index (χ1) is 9.17. The van der Waals surface area contributed by atoms with Crippen molar-refractivity contribution in [3.05, 3.63) is 29.8 Å². The fourth-order valence-corrected chi connectivity index (χ4v) is 1.73. The van der Waals surface area contributed by atoms with Crippen LogP contribution in [0.4, 0.5) is 0 Å². The van der Waals surface area contributed by atoms with Crippen LogP contribution in [0.2, 0.25) is 0 Å². The van der Waals surface area contributed by atoms with Gasteiger partial charge in [0.25, 0.3) is 5.91 Å². The maximum atomic E-state index is 11.5. The Morgan fingerprint density at radius 1 is 1.26 bits per heavy atom. The Hall–Kier alpha value is -1.51. The van der Waals surface area contributed by atoms with E-state index >= 15 is 0 Å². The highest BCUT2D eigenvalue weighted by molar-refractivity contribution is 5.77. The standard InChI is InChI=1S/C16H25NO2/c1-4-6-11-17-16(18)12-19-15-9-7-14(8-10-15)13(3)5-2/h7-10,13H,4-6,11-12H2,1-3H3,(H,17,18). The number of carbonyl (C=O) groups excluding carboxylic acids is 1. The summed E-state index contributed by atoms with van der Waals surface area (Å²) in [5.74, 6) is 1.25. The summed E-state index contributed by atoms with van der Waals surface area (Å²) in [7, 11) is 0. The molecule has 1 rings (SSSR count). The van der Waals surface area contributed by atoms with Crippen molar-refractivity contribution in [2.75, 3.05) is 13.2 Å². The summed E-state index contributed by atoms with van der Waals surface area (Å²) >= 11 is 0. The SMILES string of the molecule is CCCCNC(=O)COc1ccc(C(C)CC)cc1. The average Bonchev–Trinajstić information content (AvgIpc) is 2.45. The number of benzene rings is 1. The van der Waals surface area contributed by atoms with Crippen molar-refractivity contribution in [1.29, 1.82) is 0 Å². The number of hydrogen-bond acceptors (Lipinski definition) is 2. The molecule has 1 amide bonds. The van der Waals surface area contributed by atoms with E-state index in [0.717, 1.165) is 31.6 Å². The minimum absolute atomic E-state index is 0.0561. The first-order valence-corrected chi connectivity index (χ1v) is 7.16. The summed E-state index contributed by atoms with van der Waals surface area (Å²) in [5, 5.41) is 2.83. The summed E-state index contributed by atoms with van der Waals surface area (Å²) in [4.78, 5) is 11.5. The second kappa shape index (κ2) is 8.57. The first-order valence-electron chi connectivity index (χ1n) is 7.16. The summed E-state index contributed by atoms with van der Waals surface area (Å²) in [6.45, 7) is 7.30. The minimum atomic E-state index is -0.0561. The zero-order valence-corrected chi connectivity index (χ0v) is 12.2. The predicted octanol–water partition coefficient (Wildman–Crippen LogP) is 3.50. The highest BCUT2D eigenvalue weighted by atomic mass is 16.5. The molecule has 3 heteroatoms. The fourth-order valence-electron chi connectivity index (χ4n) is 1.73. The number of rotatable bonds is 8. The van der Waals surface area contributed by atoms with Crippen LogP contribution >= 0.6 is 0 Å². The van der Waals surface area contributed by atoms with Crippen LogP contribution < -0.4 is 10.1 Å². The van der Waals surface area contributed by atoms with E-state index in [1.807, 2.05) is 12.1 Å². The van der Waals surface area contributed by atoms with Gasteiger partial charge in [0.15, 0.2) is 6.61 Å². The van der Waals surface area contributed by atoms with E-state index < -0.39 is 0 Å². The summed E-state index contributed by atoms with van der Waals surface area (Å²) in [5.41, 5.74) is 1.31. The topological polar surface area (TPSA) is 38.3 Å². The van der Waals surface area contributed by atoms with Gasteiger partial charge in [-0.1, -0.05) is 39.3 Å². The molecule has 0 spiro atoms. The van der Waals surface area contributed by atoms with Gasteiger partial charge in [-0.2, -0.15) is 0 Å². The van der Waals surface area contributed by atoms with Gasteiger partial charge in [0.05, 0.1) is 0 Å². The van der Waals surface area contributed by atoms with Gasteiger partial charge in [0.2, 0.25) is 0 Å². The Labute approximate surface area is 116 Å². The summed E-state index contributed by atoms with van der Waals surface area (Å²) in [6, 6.07) is 8.00. The van der Waals surface area contributed by atoms with Crippen molar-refractivity contribution in [3.63, 3.8) is 0 Å². The van der Waals surface area contributed by atoms with Gasteiger partial charge in [-0.3, -0.25) is 4.79 Å². The molecular formula is C16H25NO2. The lowest BCUT2D eigenvalue weighted by molar-refractivity contribution is -0.123. The van der Waals surface area contributed by atoms with Crippen molar-refractivity contribution in [2.24, 2.45) is 0 Å². The molecule has 0 aliphatic rings. The van der Waals surface area contributed by atoms with Crippen LogP contribution in [-0.2, 0) is 4.79 Å². The molecule has 1 unspecified atom stereocenters. The van der Waals surface area contributed by atoms with Crippen molar-refractivity contribution >= 4 is 5.91 Å². The molecule has 0 aliphatic carbocycles. The molecule has 3 nitrogen and oxygen atoms in total. The Kier molecular flexibility index (Phi) is 7.01. The second-order valence-corrected chi connectivity index (χ2v) is 4.87. The van der Waals surface area contributed by atoms with Crippen molar-refractivity contribution in [3.8, 4) is 5.75 Å². The molecule has 0 bridgehead atoms. The molecular weight excluding hydrogens is 238 g/mol. The molecule has 0 aromatic heterocycles. The lowest BCUT2D eigenvalue weighted by Crippen LogP contribution is -2.29. The fraction of sp³-hybridized carbons (Fsp3) is 0.562. The first kappa shape index (κ1) is 15.5. The molecule has 0 saturated carbocycles. The molecule has 1 N–H and O–H groups in total. The van der Waals surface area contributed by atoms with Crippen LogP contribution in [-0.4, -0.2) is 19.1 Å². The largest absolute Gasteiger partial charge is 0.484 e. The third-order valence-corrected chi connectivity index (χ3v) is 3.28. The van der Waals surface area contributed by atoms with E-state index in [2.05, 4.69) is 38.2 Å². The molecule has 19 heavy (non-hydrogen) atoms. The van der Waals surface area contributed by atoms with Gasteiger partial charge in [0.1, 0.15) is 5.75 Å². The van der Waals surface area contributed by atoms with Gasteiger partial charge >= 0.3 is 0 Å². The highest BCUT2D eigenvalue weighted by Crippen LogP contribution is 2.21. The highest BCUT2D eigenvalue weighted by Gasteiger charge is 2.04. The van der Waals surface area contributed by atoms with Crippen molar-refractivity contribution < 1.29 is 9.53 Å². The number of hydrogen-bond donors (Lipinski definition) is 1. The normalized spacial score (nSPS) is 11.9. The van der Waals surface area contributed by atoms with E-state index in [0.29, 0.717) is 5.92 Å². The smallest absolute Gasteiger partial charge is 0.257 e. The van der Waals surface area contributed by atoms with Crippen LogP contribution in [0, 0.1) is 0 Å². The molecule has 0 heterocycles. The van der Waals surface area contributed by atoms with E-state index in [9.17, 15) is 4.79 Å². The molecule has 0 radical (unpaired) electrons. The third kappa shape index (κ3) is 5.77. The lowest BCUT2D eigenvalue weighted by Gasteiger charge is -2.10. The Morgan fingerprint density at radius 2 is 1.95 bits per heavy atom. The van der Waals surface area contributed by atoms with Crippen LogP contribution in [0.15, 0.2) is 24.3 Å². The van der Waals surface area contributed by atoms with Gasteiger partial charge in [-0.15, -0.1) is 0 Å². The molecule has 0 saturated heterocycles. The lowest BCUT2D eigenvalue weighted by atomic mass is 9.99. The number of nitrogens with one attached hydrogen (secondary N) is 1. The molecule has 0 fully saturated rings. The van der Waals surface area contributed by atoms with E-state index in [4.69, 9.17) is 4.74 Å². The number of ether oxygens (including phenoxy) is 1. The van der Waals surface area contributed by atoms with E-state index in [1.54, 1.807) is 0 Å². The van der Waals surface area contributed by atoms with Crippen molar-refractivity contribution in [2.45, 2.75) is 46.0 Å². The molecule has 1 atom stereocenters.